The molecular formula is C17H30IN3O3S. The molecule has 8 heteroatoms. The van der Waals surface area contributed by atoms with Gasteiger partial charge >= 0.3 is 0 Å². The van der Waals surface area contributed by atoms with Gasteiger partial charge in [-0.3, -0.25) is 4.99 Å². The summed E-state index contributed by atoms with van der Waals surface area (Å²) in [7, 11) is -1.24. The van der Waals surface area contributed by atoms with Crippen LogP contribution in [-0.4, -0.2) is 59.7 Å². The molecule has 0 spiro atoms. The molecule has 0 amide bonds. The van der Waals surface area contributed by atoms with Gasteiger partial charge in [-0.15, -0.1) is 24.0 Å². The van der Waals surface area contributed by atoms with E-state index in [-0.39, 0.29) is 36.3 Å². The molecule has 25 heavy (non-hydrogen) atoms. The number of hydrogen-bond acceptors (Lipinski definition) is 4. The predicted molar refractivity (Wildman–Crippen MR) is 115 cm³/mol. The number of nitrogens with one attached hydrogen (secondary N) is 2. The van der Waals surface area contributed by atoms with Crippen LogP contribution in [0.1, 0.15) is 24.0 Å². The molecule has 0 bridgehead atoms. The van der Waals surface area contributed by atoms with E-state index in [0.29, 0.717) is 25.0 Å². The SMILES string of the molecule is CN=C(NCCOCCS(C)(=O)=O)NCC(C)c1ccc(C)cc1.I. The number of ether oxygens (including phenoxy) is 1. The van der Waals surface area contributed by atoms with E-state index in [4.69, 9.17) is 4.74 Å². The third-order valence-corrected chi connectivity index (χ3v) is 4.49. The van der Waals surface area contributed by atoms with Crippen LogP contribution in [-0.2, 0) is 14.6 Å². The van der Waals surface area contributed by atoms with Crippen LogP contribution >= 0.6 is 24.0 Å². The summed E-state index contributed by atoms with van der Waals surface area (Å²) in [5, 5.41) is 6.43. The van der Waals surface area contributed by atoms with E-state index >= 15 is 0 Å². The molecule has 0 aliphatic rings. The summed E-state index contributed by atoms with van der Waals surface area (Å²) in [5.41, 5.74) is 2.54. The first kappa shape index (κ1) is 24.1. The van der Waals surface area contributed by atoms with Gasteiger partial charge in [0, 0.05) is 26.4 Å². The first-order valence-electron chi connectivity index (χ1n) is 8.08. The van der Waals surface area contributed by atoms with Gasteiger partial charge in [-0.2, -0.15) is 0 Å². The van der Waals surface area contributed by atoms with Crippen LogP contribution in [0.5, 0.6) is 0 Å². The Morgan fingerprint density at radius 3 is 2.40 bits per heavy atom. The Bertz CT molecular complexity index is 619. The fourth-order valence-electron chi connectivity index (χ4n) is 2.04. The quantitative estimate of drug-likeness (QED) is 0.243. The van der Waals surface area contributed by atoms with Gasteiger partial charge in [-0.25, -0.2) is 8.42 Å². The molecule has 1 aromatic carbocycles. The second-order valence-electron chi connectivity index (χ2n) is 5.93. The Kier molecular flexibility index (Phi) is 12.0. The molecule has 0 aromatic heterocycles. The van der Waals surface area contributed by atoms with Crippen LogP contribution < -0.4 is 10.6 Å². The van der Waals surface area contributed by atoms with Crippen LogP contribution in [0.15, 0.2) is 29.3 Å². The molecule has 0 aliphatic heterocycles. The molecule has 0 radical (unpaired) electrons. The van der Waals surface area contributed by atoms with Crippen LogP contribution in [0.2, 0.25) is 0 Å². The lowest BCUT2D eigenvalue weighted by Gasteiger charge is -2.16. The van der Waals surface area contributed by atoms with Crippen molar-refractivity contribution in [1.29, 1.82) is 0 Å². The standard InChI is InChI=1S/C17H29N3O3S.HI/c1-14-5-7-16(8-6-14)15(2)13-20-17(18-3)19-9-10-23-11-12-24(4,21)22;/h5-8,15H,9-13H2,1-4H3,(H2,18,19,20);1H. The van der Waals surface area contributed by atoms with E-state index in [9.17, 15) is 8.42 Å². The normalized spacial score (nSPS) is 13.0. The monoisotopic (exact) mass is 483 g/mol. The zero-order valence-corrected chi connectivity index (χ0v) is 18.6. The Morgan fingerprint density at radius 2 is 1.84 bits per heavy atom. The van der Waals surface area contributed by atoms with Crippen molar-refractivity contribution >= 4 is 39.8 Å². The number of benzene rings is 1. The molecule has 1 aromatic rings. The summed E-state index contributed by atoms with van der Waals surface area (Å²) < 4.78 is 27.2. The van der Waals surface area contributed by atoms with Crippen molar-refractivity contribution in [2.24, 2.45) is 4.99 Å². The van der Waals surface area contributed by atoms with E-state index < -0.39 is 9.84 Å². The number of rotatable bonds is 9. The van der Waals surface area contributed by atoms with Gasteiger partial charge < -0.3 is 15.4 Å². The summed E-state index contributed by atoms with van der Waals surface area (Å²) in [6.07, 6.45) is 1.20. The minimum atomic E-state index is -2.96. The Hall–Kier alpha value is -0.870. The van der Waals surface area contributed by atoms with Crippen molar-refractivity contribution in [1.82, 2.24) is 10.6 Å². The van der Waals surface area contributed by atoms with Gasteiger partial charge in [0.15, 0.2) is 5.96 Å². The van der Waals surface area contributed by atoms with E-state index in [0.717, 1.165) is 6.54 Å². The summed E-state index contributed by atoms with van der Waals surface area (Å²) in [4.78, 5) is 4.17. The van der Waals surface area contributed by atoms with Gasteiger partial charge in [0.2, 0.25) is 0 Å². The fourth-order valence-corrected chi connectivity index (χ4v) is 2.46. The molecule has 0 saturated carbocycles. The Labute approximate surface area is 168 Å². The zero-order valence-electron chi connectivity index (χ0n) is 15.4. The molecule has 0 aliphatic carbocycles. The lowest BCUT2D eigenvalue weighted by molar-refractivity contribution is 0.154. The highest BCUT2D eigenvalue weighted by Crippen LogP contribution is 2.14. The van der Waals surface area contributed by atoms with E-state index in [1.54, 1.807) is 7.05 Å². The third kappa shape index (κ3) is 11.4. The highest BCUT2D eigenvalue weighted by molar-refractivity contribution is 14.0. The van der Waals surface area contributed by atoms with Crippen molar-refractivity contribution in [3.05, 3.63) is 35.4 Å². The molecule has 2 N–H and O–H groups in total. The van der Waals surface area contributed by atoms with Crippen molar-refractivity contribution in [3.8, 4) is 0 Å². The lowest BCUT2D eigenvalue weighted by atomic mass is 10.0. The maximum absolute atomic E-state index is 11.0. The number of sulfone groups is 1. The smallest absolute Gasteiger partial charge is 0.191 e. The molecule has 1 unspecified atom stereocenters. The van der Waals surface area contributed by atoms with E-state index in [2.05, 4.69) is 53.7 Å². The van der Waals surface area contributed by atoms with Crippen molar-refractivity contribution in [3.63, 3.8) is 0 Å². The van der Waals surface area contributed by atoms with Crippen LogP contribution in [0.25, 0.3) is 0 Å². The second-order valence-corrected chi connectivity index (χ2v) is 8.19. The summed E-state index contributed by atoms with van der Waals surface area (Å²) >= 11 is 0. The number of hydrogen-bond donors (Lipinski definition) is 2. The van der Waals surface area contributed by atoms with Crippen LogP contribution in [0, 0.1) is 6.92 Å². The largest absolute Gasteiger partial charge is 0.379 e. The van der Waals surface area contributed by atoms with E-state index in [1.807, 2.05) is 0 Å². The summed E-state index contributed by atoms with van der Waals surface area (Å²) in [5.74, 6) is 1.13. The molecule has 1 rings (SSSR count). The van der Waals surface area contributed by atoms with Gasteiger partial charge in [0.25, 0.3) is 0 Å². The topological polar surface area (TPSA) is 79.8 Å². The van der Waals surface area contributed by atoms with Crippen molar-refractivity contribution in [2.45, 2.75) is 19.8 Å². The molecular weight excluding hydrogens is 453 g/mol. The number of aryl methyl sites for hydroxylation is 1. The van der Waals surface area contributed by atoms with Gasteiger partial charge in [0.05, 0.1) is 19.0 Å². The highest BCUT2D eigenvalue weighted by atomic mass is 127. The first-order chi connectivity index (χ1) is 11.3. The third-order valence-electron chi connectivity index (χ3n) is 3.58. The summed E-state index contributed by atoms with van der Waals surface area (Å²) in [6, 6.07) is 8.53. The lowest BCUT2D eigenvalue weighted by Crippen LogP contribution is -2.40. The summed E-state index contributed by atoms with van der Waals surface area (Å²) in [6.45, 7) is 6.25. The van der Waals surface area contributed by atoms with Gasteiger partial charge in [-0.05, 0) is 18.4 Å². The number of nitrogens with zero attached hydrogens (tertiary/aromatic N) is 1. The maximum atomic E-state index is 11.0. The molecule has 1 atom stereocenters. The maximum Gasteiger partial charge on any atom is 0.191 e. The predicted octanol–water partition coefficient (Wildman–Crippen LogP) is 1.94. The Balaban J connectivity index is 0.00000576. The molecule has 0 fully saturated rings. The highest BCUT2D eigenvalue weighted by Gasteiger charge is 2.06. The van der Waals surface area contributed by atoms with Crippen LogP contribution in [0.3, 0.4) is 0 Å². The Morgan fingerprint density at radius 1 is 1.20 bits per heavy atom. The van der Waals surface area contributed by atoms with Gasteiger partial charge in [0.1, 0.15) is 9.84 Å². The number of halogens is 1. The average Bonchev–Trinajstić information content (AvgIpc) is 2.52. The van der Waals surface area contributed by atoms with Crippen LogP contribution in [0.4, 0.5) is 0 Å². The fraction of sp³-hybridized carbons (Fsp3) is 0.588. The van der Waals surface area contributed by atoms with Gasteiger partial charge in [-0.1, -0.05) is 36.8 Å². The molecule has 0 heterocycles. The number of aliphatic imine (C=N–C) groups is 1. The van der Waals surface area contributed by atoms with E-state index in [1.165, 1.54) is 17.4 Å². The minimum Gasteiger partial charge on any atom is -0.379 e. The average molecular weight is 483 g/mol. The second kappa shape index (κ2) is 12.5. The minimum absolute atomic E-state index is 0. The molecule has 6 nitrogen and oxygen atoms in total. The number of guanidine groups is 1. The molecule has 0 saturated heterocycles. The van der Waals surface area contributed by atoms with Crippen molar-refractivity contribution in [2.75, 3.05) is 45.4 Å². The molecule has 144 valence electrons. The van der Waals surface area contributed by atoms with Crippen molar-refractivity contribution < 1.29 is 13.2 Å². The first-order valence-corrected chi connectivity index (χ1v) is 10.1. The zero-order chi connectivity index (χ0) is 18.0.